The van der Waals surface area contributed by atoms with Crippen LogP contribution in [0, 0.1) is 20.2 Å². The fraction of sp³-hybridized carbons (Fsp3) is 0. The van der Waals surface area contributed by atoms with Crippen molar-refractivity contribution in [1.29, 1.82) is 0 Å². The number of amides is 2. The van der Waals surface area contributed by atoms with Gasteiger partial charge in [-0.05, 0) is 42.5 Å². The second-order valence-electron chi connectivity index (χ2n) is 6.33. The number of hydrogen-bond donors (Lipinski definition) is 2. The Balaban J connectivity index is 1.83. The highest BCUT2D eigenvalue weighted by molar-refractivity contribution is 6.31. The monoisotopic (exact) mass is 474 g/mol. The summed E-state index contributed by atoms with van der Waals surface area (Å²) < 4.78 is 0. The summed E-state index contributed by atoms with van der Waals surface area (Å²) in [5.74, 6) is -1.57. The zero-order valence-corrected chi connectivity index (χ0v) is 17.4. The Kier molecular flexibility index (Phi) is 6.67. The molecule has 0 bridgehead atoms. The molecular formula is C20H12Cl2N4O6. The maximum Gasteiger partial charge on any atom is 0.282 e. The molecule has 0 atom stereocenters. The molecule has 0 saturated heterocycles. The van der Waals surface area contributed by atoms with E-state index in [1.54, 1.807) is 0 Å². The molecule has 0 spiro atoms. The van der Waals surface area contributed by atoms with Crippen LogP contribution in [0.2, 0.25) is 10.0 Å². The van der Waals surface area contributed by atoms with E-state index in [9.17, 15) is 29.8 Å². The predicted molar refractivity (Wildman–Crippen MR) is 119 cm³/mol. The molecule has 3 rings (SSSR count). The average molecular weight is 475 g/mol. The van der Waals surface area contributed by atoms with Gasteiger partial charge in [0.1, 0.15) is 11.1 Å². The zero-order valence-electron chi connectivity index (χ0n) is 15.9. The lowest BCUT2D eigenvalue weighted by atomic mass is 10.1. The molecule has 0 saturated carbocycles. The van der Waals surface area contributed by atoms with Crippen molar-refractivity contribution in [2.24, 2.45) is 0 Å². The van der Waals surface area contributed by atoms with Crippen LogP contribution in [0.5, 0.6) is 0 Å². The van der Waals surface area contributed by atoms with E-state index in [0.29, 0.717) is 0 Å². The van der Waals surface area contributed by atoms with E-state index >= 15 is 0 Å². The first-order valence-electron chi connectivity index (χ1n) is 8.76. The third kappa shape index (κ3) is 5.17. The Morgan fingerprint density at radius 3 is 1.47 bits per heavy atom. The summed E-state index contributed by atoms with van der Waals surface area (Å²) >= 11 is 11.7. The van der Waals surface area contributed by atoms with Crippen molar-refractivity contribution in [3.8, 4) is 0 Å². The molecule has 0 radical (unpaired) electrons. The molecule has 2 N–H and O–H groups in total. The molecule has 162 valence electrons. The molecule has 0 aliphatic rings. The lowest BCUT2D eigenvalue weighted by Crippen LogP contribution is -2.16. The van der Waals surface area contributed by atoms with Gasteiger partial charge in [0, 0.05) is 33.6 Å². The van der Waals surface area contributed by atoms with Crippen LogP contribution in [0.3, 0.4) is 0 Å². The highest BCUT2D eigenvalue weighted by Gasteiger charge is 2.22. The molecule has 2 amide bonds. The number of benzene rings is 3. The summed E-state index contributed by atoms with van der Waals surface area (Å²) in [5, 5.41) is 27.6. The Bertz CT molecular complexity index is 1170. The number of nitro groups is 2. The van der Waals surface area contributed by atoms with Crippen LogP contribution >= 0.6 is 23.2 Å². The number of halogens is 2. The maximum atomic E-state index is 12.6. The Hall–Kier alpha value is -4.02. The molecule has 0 unspecified atom stereocenters. The van der Waals surface area contributed by atoms with Crippen molar-refractivity contribution in [1.82, 2.24) is 0 Å². The molecule has 12 heteroatoms. The summed E-state index contributed by atoms with van der Waals surface area (Å²) in [4.78, 5) is 46.0. The summed E-state index contributed by atoms with van der Waals surface area (Å²) in [6, 6.07) is 13.0. The standard InChI is InChI=1S/C20H12Cl2N4O6/c21-11-4-6-17(25(29)30)15(8-11)19(27)23-13-2-1-3-14(10-13)24-20(28)16-9-12(22)5-7-18(16)26(31)32/h1-10H,(H,23,27)(H,24,28). The predicted octanol–water partition coefficient (Wildman–Crippen LogP) is 5.31. The fourth-order valence-corrected chi connectivity index (χ4v) is 3.11. The lowest BCUT2D eigenvalue weighted by Gasteiger charge is -2.10. The zero-order chi connectivity index (χ0) is 23.4. The molecular weight excluding hydrogens is 463 g/mol. The van der Waals surface area contributed by atoms with Gasteiger partial charge in [0.25, 0.3) is 23.2 Å². The third-order valence-corrected chi connectivity index (χ3v) is 4.65. The van der Waals surface area contributed by atoms with Crippen LogP contribution in [0.15, 0.2) is 60.7 Å². The van der Waals surface area contributed by atoms with Crippen molar-refractivity contribution in [2.75, 3.05) is 10.6 Å². The molecule has 10 nitrogen and oxygen atoms in total. The molecule has 3 aromatic rings. The summed E-state index contributed by atoms with van der Waals surface area (Å²) in [6.45, 7) is 0. The van der Waals surface area contributed by atoms with Gasteiger partial charge in [0.15, 0.2) is 0 Å². The van der Waals surface area contributed by atoms with Gasteiger partial charge in [-0.3, -0.25) is 29.8 Å². The van der Waals surface area contributed by atoms with Crippen molar-refractivity contribution < 1.29 is 19.4 Å². The summed E-state index contributed by atoms with van der Waals surface area (Å²) in [7, 11) is 0. The average Bonchev–Trinajstić information content (AvgIpc) is 2.73. The van der Waals surface area contributed by atoms with Crippen LogP contribution in [0.25, 0.3) is 0 Å². The van der Waals surface area contributed by atoms with Gasteiger partial charge < -0.3 is 10.6 Å². The third-order valence-electron chi connectivity index (χ3n) is 4.18. The maximum absolute atomic E-state index is 12.6. The molecule has 0 aromatic heterocycles. The van der Waals surface area contributed by atoms with Gasteiger partial charge in [-0.2, -0.15) is 0 Å². The number of nitrogens with one attached hydrogen (secondary N) is 2. The van der Waals surface area contributed by atoms with E-state index in [2.05, 4.69) is 10.6 Å². The number of nitrogens with zero attached hydrogens (tertiary/aromatic N) is 2. The minimum Gasteiger partial charge on any atom is -0.322 e. The number of anilines is 2. The number of nitro benzene ring substituents is 2. The number of carbonyl (C=O) groups excluding carboxylic acids is 2. The van der Waals surface area contributed by atoms with E-state index < -0.39 is 33.0 Å². The highest BCUT2D eigenvalue weighted by atomic mass is 35.5. The topological polar surface area (TPSA) is 144 Å². The minimum atomic E-state index is -0.784. The fourth-order valence-electron chi connectivity index (χ4n) is 2.77. The number of carbonyl (C=O) groups is 2. The Morgan fingerprint density at radius 1 is 0.688 bits per heavy atom. The first kappa shape index (κ1) is 22.7. The molecule has 0 heterocycles. The van der Waals surface area contributed by atoms with Gasteiger partial charge in [-0.1, -0.05) is 29.3 Å². The second-order valence-corrected chi connectivity index (χ2v) is 7.20. The SMILES string of the molecule is O=C(Nc1cccc(NC(=O)c2cc(Cl)ccc2[N+](=O)[O-])c1)c1cc(Cl)ccc1[N+](=O)[O-]. The molecule has 3 aromatic carbocycles. The van der Waals surface area contributed by atoms with Gasteiger partial charge in [-0.15, -0.1) is 0 Å². The number of rotatable bonds is 6. The van der Waals surface area contributed by atoms with E-state index in [1.807, 2.05) is 0 Å². The highest BCUT2D eigenvalue weighted by Crippen LogP contribution is 2.26. The van der Waals surface area contributed by atoms with Crippen molar-refractivity contribution in [3.63, 3.8) is 0 Å². The summed E-state index contributed by atoms with van der Waals surface area (Å²) in [6.07, 6.45) is 0. The first-order chi connectivity index (χ1) is 15.2. The van der Waals surface area contributed by atoms with Gasteiger partial charge in [-0.25, -0.2) is 0 Å². The largest absolute Gasteiger partial charge is 0.322 e. The van der Waals surface area contributed by atoms with Crippen LogP contribution < -0.4 is 10.6 Å². The van der Waals surface area contributed by atoms with Crippen LogP contribution in [0.1, 0.15) is 20.7 Å². The minimum absolute atomic E-state index is 0.143. The van der Waals surface area contributed by atoms with E-state index in [4.69, 9.17) is 23.2 Å². The smallest absolute Gasteiger partial charge is 0.282 e. The van der Waals surface area contributed by atoms with E-state index in [1.165, 1.54) is 48.5 Å². The summed E-state index contributed by atoms with van der Waals surface area (Å²) in [5.41, 5.74) is -0.919. The Morgan fingerprint density at radius 2 is 1.09 bits per heavy atom. The number of hydrogen-bond acceptors (Lipinski definition) is 6. The molecule has 0 aliphatic heterocycles. The van der Waals surface area contributed by atoms with Crippen LogP contribution in [0.4, 0.5) is 22.7 Å². The quantitative estimate of drug-likeness (QED) is 0.365. The van der Waals surface area contributed by atoms with E-state index in [0.717, 1.165) is 12.1 Å². The van der Waals surface area contributed by atoms with Crippen molar-refractivity contribution in [3.05, 3.63) is 102 Å². The molecule has 32 heavy (non-hydrogen) atoms. The van der Waals surface area contributed by atoms with Gasteiger partial charge in [0.2, 0.25) is 0 Å². The van der Waals surface area contributed by atoms with Crippen molar-refractivity contribution in [2.45, 2.75) is 0 Å². The van der Waals surface area contributed by atoms with Gasteiger partial charge in [0.05, 0.1) is 9.85 Å². The molecule has 0 aliphatic carbocycles. The molecule has 0 fully saturated rings. The van der Waals surface area contributed by atoms with E-state index in [-0.39, 0.29) is 32.5 Å². The first-order valence-corrected chi connectivity index (χ1v) is 9.52. The van der Waals surface area contributed by atoms with Crippen LogP contribution in [-0.2, 0) is 0 Å². The van der Waals surface area contributed by atoms with Gasteiger partial charge >= 0.3 is 0 Å². The normalized spacial score (nSPS) is 10.3. The second kappa shape index (κ2) is 9.41. The lowest BCUT2D eigenvalue weighted by molar-refractivity contribution is -0.385. The Labute approximate surface area is 190 Å². The van der Waals surface area contributed by atoms with Crippen LogP contribution in [-0.4, -0.2) is 21.7 Å². The van der Waals surface area contributed by atoms with Crippen molar-refractivity contribution >= 4 is 57.8 Å².